The van der Waals surface area contributed by atoms with Gasteiger partial charge in [-0.2, -0.15) is 0 Å². The van der Waals surface area contributed by atoms with E-state index < -0.39 is 32.5 Å². The summed E-state index contributed by atoms with van der Waals surface area (Å²) in [6.07, 6.45) is 48.7. The highest BCUT2D eigenvalue weighted by Gasteiger charge is 2.25. The number of esters is 2. The molecule has 0 amide bonds. The average molecular weight is 760 g/mol. The van der Waals surface area contributed by atoms with E-state index in [9.17, 15) is 19.0 Å². The fourth-order valence-corrected chi connectivity index (χ4v) is 5.39. The molecule has 0 aromatic heterocycles. The maximum Gasteiger partial charge on any atom is 0.472 e. The number of allylic oxidation sites excluding steroid dienone is 16. The SMILES string of the molecule is CCC=CCC=CCC=CCC=CCC=CCCCC(=O)OCC(COP(=O)(O)OCCN)OC(=O)CCCCCCCC=CCC=CCC=CCC. The van der Waals surface area contributed by atoms with Crippen molar-refractivity contribution in [2.45, 2.75) is 136 Å². The van der Waals surface area contributed by atoms with Crippen molar-refractivity contribution in [1.29, 1.82) is 0 Å². The van der Waals surface area contributed by atoms with Gasteiger partial charge in [0.15, 0.2) is 6.10 Å². The van der Waals surface area contributed by atoms with Gasteiger partial charge >= 0.3 is 19.8 Å². The summed E-state index contributed by atoms with van der Waals surface area (Å²) in [5.74, 6) is -0.930. The number of ether oxygens (including phenoxy) is 2. The van der Waals surface area contributed by atoms with Gasteiger partial charge in [0.1, 0.15) is 6.61 Å². The topological polar surface area (TPSA) is 134 Å². The standard InChI is InChI=1S/C43H70NO8P/c1-3-5-7-9-11-13-15-17-19-20-22-23-25-27-29-31-33-35-42(45)49-39-41(40-51-53(47,48)50-38-37-44)52-43(46)36-34-32-30-28-26-24-21-18-16-14-12-10-8-6-4-2/h5-8,11-14,17-19,21-23,27,29,41H,3-4,9-10,15-16,20,24-26,28,30-40,44H2,1-2H3,(H,47,48). The summed E-state index contributed by atoms with van der Waals surface area (Å²) in [7, 11) is -4.40. The van der Waals surface area contributed by atoms with Crippen LogP contribution in [0.1, 0.15) is 129 Å². The van der Waals surface area contributed by atoms with Crippen LogP contribution in [0, 0.1) is 0 Å². The minimum Gasteiger partial charge on any atom is -0.462 e. The third kappa shape index (κ3) is 38.5. The summed E-state index contributed by atoms with van der Waals surface area (Å²) in [6.45, 7) is 3.38. The Morgan fingerprint density at radius 3 is 1.51 bits per heavy atom. The molecule has 0 bridgehead atoms. The lowest BCUT2D eigenvalue weighted by atomic mass is 10.1. The van der Waals surface area contributed by atoms with Crippen LogP contribution >= 0.6 is 7.82 Å². The fraction of sp³-hybridized carbons (Fsp3) is 0.581. The molecule has 0 saturated carbocycles. The molecule has 0 rings (SSSR count). The molecule has 0 fully saturated rings. The van der Waals surface area contributed by atoms with Crippen molar-refractivity contribution in [1.82, 2.24) is 0 Å². The number of rotatable bonds is 35. The number of phosphoric ester groups is 1. The molecule has 3 N–H and O–H groups in total. The molecule has 0 aliphatic heterocycles. The number of hydrogen-bond donors (Lipinski definition) is 2. The largest absolute Gasteiger partial charge is 0.472 e. The number of hydrogen-bond acceptors (Lipinski definition) is 8. The van der Waals surface area contributed by atoms with Gasteiger partial charge in [-0.25, -0.2) is 4.57 Å². The lowest BCUT2D eigenvalue weighted by molar-refractivity contribution is -0.161. The zero-order valence-electron chi connectivity index (χ0n) is 32.7. The lowest BCUT2D eigenvalue weighted by Crippen LogP contribution is -2.29. The fourth-order valence-electron chi connectivity index (χ4n) is 4.62. The van der Waals surface area contributed by atoms with Gasteiger partial charge in [0.2, 0.25) is 0 Å². The van der Waals surface area contributed by atoms with Gasteiger partial charge in [0.05, 0.1) is 13.2 Å². The van der Waals surface area contributed by atoms with E-state index in [-0.39, 0.29) is 32.6 Å². The van der Waals surface area contributed by atoms with Crippen molar-refractivity contribution in [3.8, 4) is 0 Å². The molecule has 53 heavy (non-hydrogen) atoms. The first kappa shape index (κ1) is 49.9. The molecule has 0 aromatic rings. The van der Waals surface area contributed by atoms with Gasteiger partial charge in [-0.15, -0.1) is 0 Å². The third-order valence-electron chi connectivity index (χ3n) is 7.47. The van der Waals surface area contributed by atoms with Crippen molar-refractivity contribution in [3.63, 3.8) is 0 Å². The van der Waals surface area contributed by atoms with Gasteiger partial charge < -0.3 is 20.1 Å². The first-order chi connectivity index (χ1) is 25.8. The summed E-state index contributed by atoms with van der Waals surface area (Å²) in [4.78, 5) is 34.8. The lowest BCUT2D eigenvalue weighted by Gasteiger charge is -2.19. The van der Waals surface area contributed by atoms with E-state index in [1.54, 1.807) is 0 Å². The van der Waals surface area contributed by atoms with E-state index >= 15 is 0 Å². The molecular weight excluding hydrogens is 689 g/mol. The van der Waals surface area contributed by atoms with Gasteiger partial charge in [-0.3, -0.25) is 18.6 Å². The van der Waals surface area contributed by atoms with Gasteiger partial charge in [-0.05, 0) is 83.5 Å². The van der Waals surface area contributed by atoms with Crippen LogP contribution in [0.2, 0.25) is 0 Å². The molecule has 300 valence electrons. The Hall–Kier alpha value is -3.07. The second-order valence-corrected chi connectivity index (χ2v) is 13.8. The minimum atomic E-state index is -4.40. The summed E-state index contributed by atoms with van der Waals surface area (Å²) >= 11 is 0. The summed E-state index contributed by atoms with van der Waals surface area (Å²) < 4.78 is 32.6. The first-order valence-electron chi connectivity index (χ1n) is 19.7. The summed E-state index contributed by atoms with van der Waals surface area (Å²) in [5.41, 5.74) is 5.33. The van der Waals surface area contributed by atoms with E-state index in [0.29, 0.717) is 12.8 Å². The Morgan fingerprint density at radius 1 is 0.566 bits per heavy atom. The molecule has 0 spiro atoms. The van der Waals surface area contributed by atoms with Gasteiger partial charge in [0.25, 0.3) is 0 Å². The number of unbranched alkanes of at least 4 members (excludes halogenated alkanes) is 6. The van der Waals surface area contributed by atoms with Crippen molar-refractivity contribution in [2.24, 2.45) is 5.73 Å². The molecule has 9 nitrogen and oxygen atoms in total. The molecule has 2 atom stereocenters. The third-order valence-corrected chi connectivity index (χ3v) is 8.45. The Bertz CT molecular complexity index is 1180. The van der Waals surface area contributed by atoms with Crippen LogP contribution in [-0.2, 0) is 32.7 Å². The maximum atomic E-state index is 12.5. The molecular formula is C43H70NO8P. The van der Waals surface area contributed by atoms with Crippen LogP contribution in [-0.4, -0.2) is 49.3 Å². The molecule has 0 aliphatic rings. The van der Waals surface area contributed by atoms with Crippen LogP contribution in [0.25, 0.3) is 0 Å². The molecule has 0 heterocycles. The van der Waals surface area contributed by atoms with Crippen molar-refractivity contribution in [3.05, 3.63) is 97.2 Å². The highest BCUT2D eigenvalue weighted by atomic mass is 31.2. The van der Waals surface area contributed by atoms with Gasteiger partial charge in [-0.1, -0.05) is 130 Å². The summed E-state index contributed by atoms with van der Waals surface area (Å²) in [5, 5.41) is 0. The van der Waals surface area contributed by atoms with Crippen LogP contribution < -0.4 is 5.73 Å². The van der Waals surface area contributed by atoms with E-state index in [0.717, 1.165) is 89.9 Å². The highest BCUT2D eigenvalue weighted by Crippen LogP contribution is 2.43. The predicted octanol–water partition coefficient (Wildman–Crippen LogP) is 11.0. The van der Waals surface area contributed by atoms with Crippen molar-refractivity contribution in [2.75, 3.05) is 26.4 Å². The smallest absolute Gasteiger partial charge is 0.462 e. The average Bonchev–Trinajstić information content (AvgIpc) is 3.14. The minimum absolute atomic E-state index is 0.0370. The molecule has 0 aromatic carbocycles. The summed E-state index contributed by atoms with van der Waals surface area (Å²) in [6, 6.07) is 0. The Labute approximate surface area is 321 Å². The normalized spacial score (nSPS) is 14.4. The zero-order valence-corrected chi connectivity index (χ0v) is 33.6. The predicted molar refractivity (Wildman–Crippen MR) is 219 cm³/mol. The monoisotopic (exact) mass is 759 g/mol. The van der Waals surface area contributed by atoms with Crippen LogP contribution in [0.15, 0.2) is 97.2 Å². The van der Waals surface area contributed by atoms with Crippen molar-refractivity contribution < 1.29 is 37.6 Å². The Balaban J connectivity index is 4.36. The first-order valence-corrected chi connectivity index (χ1v) is 21.2. The van der Waals surface area contributed by atoms with Crippen LogP contribution in [0.5, 0.6) is 0 Å². The number of carbonyl (C=O) groups excluding carboxylic acids is 2. The number of carbonyl (C=O) groups is 2. The highest BCUT2D eigenvalue weighted by molar-refractivity contribution is 7.47. The second-order valence-electron chi connectivity index (χ2n) is 12.4. The Kier molecular flexibility index (Phi) is 36.4. The Morgan fingerprint density at radius 2 is 1.00 bits per heavy atom. The molecule has 0 saturated heterocycles. The quantitative estimate of drug-likeness (QED) is 0.0280. The molecule has 10 heteroatoms. The molecule has 2 unspecified atom stereocenters. The van der Waals surface area contributed by atoms with Crippen molar-refractivity contribution >= 4 is 19.8 Å². The van der Waals surface area contributed by atoms with E-state index in [1.807, 2.05) is 6.08 Å². The van der Waals surface area contributed by atoms with E-state index in [4.69, 9.17) is 24.3 Å². The van der Waals surface area contributed by atoms with Crippen LogP contribution in [0.4, 0.5) is 0 Å². The maximum absolute atomic E-state index is 12.5. The van der Waals surface area contributed by atoms with Gasteiger partial charge in [0, 0.05) is 19.4 Å². The van der Waals surface area contributed by atoms with E-state index in [1.165, 1.54) is 0 Å². The van der Waals surface area contributed by atoms with Crippen LogP contribution in [0.3, 0.4) is 0 Å². The number of phosphoric acid groups is 1. The van der Waals surface area contributed by atoms with E-state index in [2.05, 4.69) is 105 Å². The second kappa shape index (κ2) is 38.6. The molecule has 0 aliphatic carbocycles. The zero-order chi connectivity index (χ0) is 38.9. The molecule has 0 radical (unpaired) electrons. The number of nitrogens with two attached hydrogens (primary N) is 1.